The number of hydrogen-bond donors (Lipinski definition) is 0. The van der Waals surface area contributed by atoms with Gasteiger partial charge in [-0.25, -0.2) is 0 Å². The lowest BCUT2D eigenvalue weighted by Gasteiger charge is -2.23. The summed E-state index contributed by atoms with van der Waals surface area (Å²) < 4.78 is 15.7. The molecule has 3 nitrogen and oxygen atoms in total. The molecule has 58 valence electrons. The molecule has 0 aromatic heterocycles. The average molecular weight is 144 g/mol. The molecule has 0 atom stereocenters. The van der Waals surface area contributed by atoms with Crippen molar-refractivity contribution >= 4 is 7.12 Å². The first kappa shape index (κ1) is 8.05. The van der Waals surface area contributed by atoms with Gasteiger partial charge in [0.05, 0.1) is 18.7 Å². The van der Waals surface area contributed by atoms with Crippen molar-refractivity contribution in [2.24, 2.45) is 0 Å². The summed E-state index contributed by atoms with van der Waals surface area (Å²) in [5.41, 5.74) is -0.323. The maximum atomic E-state index is 5.26. The number of rotatable bonds is 2. The van der Waals surface area contributed by atoms with E-state index < -0.39 is 0 Å². The van der Waals surface area contributed by atoms with Crippen molar-refractivity contribution < 1.29 is 14.0 Å². The summed E-state index contributed by atoms with van der Waals surface area (Å²) >= 11 is 0. The number of hydrogen-bond acceptors (Lipinski definition) is 3. The van der Waals surface area contributed by atoms with Crippen molar-refractivity contribution in [2.45, 2.75) is 19.3 Å². The molecule has 1 fully saturated rings. The summed E-state index contributed by atoms with van der Waals surface area (Å²) in [5, 5.41) is 0. The van der Waals surface area contributed by atoms with Crippen LogP contribution in [0.4, 0.5) is 0 Å². The molecule has 0 aliphatic carbocycles. The topological polar surface area (TPSA) is 27.7 Å². The first-order chi connectivity index (χ1) is 4.67. The molecule has 0 saturated carbocycles. The third kappa shape index (κ3) is 1.51. The first-order valence-electron chi connectivity index (χ1n) is 3.45. The SMILES string of the molecule is COC(C)(C)B1OCCO1. The fourth-order valence-electron chi connectivity index (χ4n) is 0.856. The van der Waals surface area contributed by atoms with E-state index in [1.165, 1.54) is 0 Å². The Labute approximate surface area is 61.8 Å². The molecular formula is C6H13BO3. The van der Waals surface area contributed by atoms with Crippen LogP contribution in [0.5, 0.6) is 0 Å². The zero-order valence-corrected chi connectivity index (χ0v) is 6.72. The van der Waals surface area contributed by atoms with Crippen LogP contribution in [0.2, 0.25) is 0 Å². The zero-order valence-electron chi connectivity index (χ0n) is 6.72. The molecule has 1 aliphatic heterocycles. The normalized spacial score (nSPS) is 20.1. The molecule has 1 heterocycles. The second-order valence-corrected chi connectivity index (χ2v) is 2.88. The van der Waals surface area contributed by atoms with Gasteiger partial charge in [0.25, 0.3) is 0 Å². The molecule has 0 amide bonds. The molecule has 1 saturated heterocycles. The van der Waals surface area contributed by atoms with Gasteiger partial charge in [0.1, 0.15) is 0 Å². The third-order valence-corrected chi connectivity index (χ3v) is 1.72. The zero-order chi connectivity index (χ0) is 7.61. The molecule has 0 unspecified atom stereocenters. The molecular weight excluding hydrogens is 131 g/mol. The van der Waals surface area contributed by atoms with Crippen molar-refractivity contribution in [3.8, 4) is 0 Å². The molecule has 0 bridgehead atoms. The smallest absolute Gasteiger partial charge is 0.407 e. The van der Waals surface area contributed by atoms with Gasteiger partial charge in [-0.05, 0) is 13.8 Å². The van der Waals surface area contributed by atoms with Gasteiger partial charge >= 0.3 is 7.12 Å². The van der Waals surface area contributed by atoms with E-state index in [1.54, 1.807) is 7.11 Å². The molecule has 4 heteroatoms. The van der Waals surface area contributed by atoms with Crippen molar-refractivity contribution in [3.63, 3.8) is 0 Å². The van der Waals surface area contributed by atoms with Gasteiger partial charge in [0.2, 0.25) is 0 Å². The highest BCUT2D eigenvalue weighted by Gasteiger charge is 2.41. The highest BCUT2D eigenvalue weighted by Crippen LogP contribution is 2.17. The summed E-state index contributed by atoms with van der Waals surface area (Å²) in [7, 11) is 1.46. The molecule has 10 heavy (non-hydrogen) atoms. The van der Waals surface area contributed by atoms with E-state index in [2.05, 4.69) is 0 Å². The van der Waals surface area contributed by atoms with E-state index in [0.29, 0.717) is 13.2 Å². The highest BCUT2D eigenvalue weighted by atomic mass is 16.7. The fourth-order valence-corrected chi connectivity index (χ4v) is 0.856. The minimum Gasteiger partial charge on any atom is -0.407 e. The van der Waals surface area contributed by atoms with Crippen molar-refractivity contribution in [1.82, 2.24) is 0 Å². The van der Waals surface area contributed by atoms with Gasteiger partial charge in [0.15, 0.2) is 0 Å². The van der Waals surface area contributed by atoms with Crippen molar-refractivity contribution in [3.05, 3.63) is 0 Å². The molecule has 1 aliphatic rings. The number of methoxy groups -OCH3 is 1. The Kier molecular flexibility index (Phi) is 2.34. The van der Waals surface area contributed by atoms with Crippen LogP contribution >= 0.6 is 0 Å². The molecule has 0 radical (unpaired) electrons. The van der Waals surface area contributed by atoms with E-state index in [1.807, 2.05) is 13.8 Å². The Bertz CT molecular complexity index is 110. The Morgan fingerprint density at radius 1 is 1.30 bits per heavy atom. The molecule has 0 aromatic rings. The minimum atomic E-state index is -0.323. The van der Waals surface area contributed by atoms with E-state index >= 15 is 0 Å². The molecule has 0 spiro atoms. The van der Waals surface area contributed by atoms with E-state index in [9.17, 15) is 0 Å². The van der Waals surface area contributed by atoms with Gasteiger partial charge in [-0.15, -0.1) is 0 Å². The van der Waals surface area contributed by atoms with Gasteiger partial charge in [-0.1, -0.05) is 0 Å². The first-order valence-corrected chi connectivity index (χ1v) is 3.45. The van der Waals surface area contributed by atoms with Crippen LogP contribution in [-0.4, -0.2) is 32.9 Å². The predicted octanol–water partition coefficient (Wildman–Crippen LogP) is 0.486. The maximum Gasteiger partial charge on any atom is 0.490 e. The lowest BCUT2D eigenvalue weighted by atomic mass is 9.70. The van der Waals surface area contributed by atoms with Gasteiger partial charge < -0.3 is 14.0 Å². The quantitative estimate of drug-likeness (QED) is 0.527. The average Bonchev–Trinajstić information content (AvgIpc) is 2.38. The van der Waals surface area contributed by atoms with E-state index in [-0.39, 0.29) is 12.6 Å². The van der Waals surface area contributed by atoms with Crippen LogP contribution in [0.25, 0.3) is 0 Å². The summed E-state index contributed by atoms with van der Waals surface area (Å²) in [6, 6.07) is 0. The minimum absolute atomic E-state index is 0.197. The summed E-state index contributed by atoms with van der Waals surface area (Å²) in [6.45, 7) is 5.25. The lowest BCUT2D eigenvalue weighted by molar-refractivity contribution is 0.0594. The Hall–Kier alpha value is -0.0551. The Morgan fingerprint density at radius 3 is 2.20 bits per heavy atom. The third-order valence-electron chi connectivity index (χ3n) is 1.72. The summed E-state index contributed by atoms with van der Waals surface area (Å²) in [4.78, 5) is 0. The maximum absolute atomic E-state index is 5.26. The van der Waals surface area contributed by atoms with Gasteiger partial charge in [0, 0.05) is 7.11 Å². The highest BCUT2D eigenvalue weighted by molar-refractivity contribution is 6.48. The fraction of sp³-hybridized carbons (Fsp3) is 1.00. The Balaban J connectivity index is 2.45. The predicted molar refractivity (Wildman–Crippen MR) is 38.7 cm³/mol. The van der Waals surface area contributed by atoms with Crippen LogP contribution in [0, 0.1) is 0 Å². The van der Waals surface area contributed by atoms with Crippen LogP contribution in [0.3, 0.4) is 0 Å². The monoisotopic (exact) mass is 144 g/mol. The van der Waals surface area contributed by atoms with Crippen LogP contribution in [-0.2, 0) is 14.0 Å². The van der Waals surface area contributed by atoms with E-state index in [0.717, 1.165) is 0 Å². The van der Waals surface area contributed by atoms with Crippen molar-refractivity contribution in [2.75, 3.05) is 20.3 Å². The largest absolute Gasteiger partial charge is 0.490 e. The second-order valence-electron chi connectivity index (χ2n) is 2.88. The lowest BCUT2D eigenvalue weighted by Crippen LogP contribution is -2.43. The van der Waals surface area contributed by atoms with Crippen molar-refractivity contribution in [1.29, 1.82) is 0 Å². The Morgan fingerprint density at radius 2 is 1.80 bits per heavy atom. The van der Waals surface area contributed by atoms with Crippen LogP contribution < -0.4 is 0 Å². The molecule has 1 rings (SSSR count). The van der Waals surface area contributed by atoms with Gasteiger partial charge in [-0.2, -0.15) is 0 Å². The second kappa shape index (κ2) is 2.90. The summed E-state index contributed by atoms with van der Waals surface area (Å²) in [6.07, 6.45) is 0. The molecule has 0 N–H and O–H groups in total. The summed E-state index contributed by atoms with van der Waals surface area (Å²) in [5.74, 6) is 0. The standard InChI is InChI=1S/C6H13BO3/c1-6(2,8-3)7-9-4-5-10-7/h4-5H2,1-3H3. The van der Waals surface area contributed by atoms with Crippen LogP contribution in [0.1, 0.15) is 13.8 Å². The number of ether oxygens (including phenoxy) is 1. The molecule has 0 aromatic carbocycles. The van der Waals surface area contributed by atoms with Crippen LogP contribution in [0.15, 0.2) is 0 Å². The van der Waals surface area contributed by atoms with Gasteiger partial charge in [-0.3, -0.25) is 0 Å². The van der Waals surface area contributed by atoms with E-state index in [4.69, 9.17) is 14.0 Å².